The minimum atomic E-state index is 0.0198. The Morgan fingerprint density at radius 3 is 3.00 bits per heavy atom. The maximum absolute atomic E-state index is 10.9. The van der Waals surface area contributed by atoms with E-state index in [4.69, 9.17) is 0 Å². The van der Waals surface area contributed by atoms with Crippen molar-refractivity contribution in [3.05, 3.63) is 23.8 Å². The standard InChI is InChI=1S/C9H10N2O/c1-6-2-3-7-8(4-6)10-5-9(12)11-7/h2-4,10H,5H2,1H3,(H,11,12). The highest BCUT2D eigenvalue weighted by Crippen LogP contribution is 2.24. The summed E-state index contributed by atoms with van der Waals surface area (Å²) in [5, 5.41) is 5.83. The number of fused-ring (bicyclic) bond motifs is 1. The molecule has 1 aliphatic rings. The molecule has 3 heteroatoms. The Kier molecular flexibility index (Phi) is 1.50. The van der Waals surface area contributed by atoms with Gasteiger partial charge in [0.1, 0.15) is 0 Å². The molecule has 1 aromatic rings. The number of aryl methyl sites for hydroxylation is 1. The third-order valence-electron chi connectivity index (χ3n) is 1.89. The van der Waals surface area contributed by atoms with Gasteiger partial charge in [0.05, 0.1) is 17.9 Å². The monoisotopic (exact) mass is 162 g/mol. The van der Waals surface area contributed by atoms with Crippen LogP contribution in [0.2, 0.25) is 0 Å². The highest BCUT2D eigenvalue weighted by atomic mass is 16.2. The normalized spacial score (nSPS) is 14.6. The number of carbonyl (C=O) groups is 1. The lowest BCUT2D eigenvalue weighted by Crippen LogP contribution is -2.27. The van der Waals surface area contributed by atoms with Gasteiger partial charge in [0, 0.05) is 0 Å². The Balaban J connectivity index is 2.43. The van der Waals surface area contributed by atoms with Crippen LogP contribution in [0.1, 0.15) is 5.56 Å². The molecule has 3 nitrogen and oxygen atoms in total. The summed E-state index contributed by atoms with van der Waals surface area (Å²) in [5.41, 5.74) is 3.07. The van der Waals surface area contributed by atoms with E-state index in [1.165, 1.54) is 5.56 Å². The van der Waals surface area contributed by atoms with Crippen molar-refractivity contribution in [3.63, 3.8) is 0 Å². The van der Waals surface area contributed by atoms with Crippen LogP contribution >= 0.6 is 0 Å². The van der Waals surface area contributed by atoms with Crippen LogP contribution in [-0.4, -0.2) is 12.5 Å². The van der Waals surface area contributed by atoms with E-state index in [1.807, 2.05) is 25.1 Å². The molecule has 0 spiro atoms. The summed E-state index contributed by atoms with van der Waals surface area (Å²) < 4.78 is 0. The van der Waals surface area contributed by atoms with Crippen LogP contribution in [0.25, 0.3) is 0 Å². The van der Waals surface area contributed by atoms with E-state index >= 15 is 0 Å². The van der Waals surface area contributed by atoms with Crippen LogP contribution in [-0.2, 0) is 4.79 Å². The summed E-state index contributed by atoms with van der Waals surface area (Å²) in [6.07, 6.45) is 0. The van der Waals surface area contributed by atoms with Gasteiger partial charge in [-0.05, 0) is 24.6 Å². The van der Waals surface area contributed by atoms with Gasteiger partial charge in [-0.15, -0.1) is 0 Å². The SMILES string of the molecule is Cc1ccc2c(c1)NCC(=O)N2. The Bertz CT molecular complexity index is 333. The lowest BCUT2D eigenvalue weighted by molar-refractivity contribution is -0.114. The predicted octanol–water partition coefficient (Wildman–Crippen LogP) is 1.36. The zero-order valence-electron chi connectivity index (χ0n) is 6.85. The molecule has 0 atom stereocenters. The fourth-order valence-corrected chi connectivity index (χ4v) is 1.28. The summed E-state index contributed by atoms with van der Waals surface area (Å²) in [6.45, 7) is 2.40. The number of amides is 1. The predicted molar refractivity (Wildman–Crippen MR) is 48.3 cm³/mol. The first-order chi connectivity index (χ1) is 5.75. The molecular formula is C9H10N2O. The lowest BCUT2D eigenvalue weighted by atomic mass is 10.1. The van der Waals surface area contributed by atoms with E-state index in [0.29, 0.717) is 6.54 Å². The number of rotatable bonds is 0. The van der Waals surface area contributed by atoms with Crippen LogP contribution in [0.15, 0.2) is 18.2 Å². The molecular weight excluding hydrogens is 152 g/mol. The first-order valence-electron chi connectivity index (χ1n) is 3.90. The second-order valence-corrected chi connectivity index (χ2v) is 2.95. The number of nitrogens with one attached hydrogen (secondary N) is 2. The maximum atomic E-state index is 10.9. The fraction of sp³-hybridized carbons (Fsp3) is 0.222. The van der Waals surface area contributed by atoms with Crippen LogP contribution < -0.4 is 10.6 Å². The van der Waals surface area contributed by atoms with E-state index in [0.717, 1.165) is 11.4 Å². The minimum Gasteiger partial charge on any atom is -0.374 e. The molecule has 0 saturated heterocycles. The largest absolute Gasteiger partial charge is 0.374 e. The van der Waals surface area contributed by atoms with Gasteiger partial charge in [0.25, 0.3) is 0 Å². The summed E-state index contributed by atoms with van der Waals surface area (Å²) in [5.74, 6) is 0.0198. The first kappa shape index (κ1) is 7.16. The smallest absolute Gasteiger partial charge is 0.243 e. The summed E-state index contributed by atoms with van der Waals surface area (Å²) in [4.78, 5) is 10.9. The van der Waals surface area contributed by atoms with Gasteiger partial charge in [0.2, 0.25) is 5.91 Å². The van der Waals surface area contributed by atoms with Gasteiger partial charge in [-0.25, -0.2) is 0 Å². The number of benzene rings is 1. The van der Waals surface area contributed by atoms with Gasteiger partial charge < -0.3 is 10.6 Å². The molecule has 1 heterocycles. The number of hydrogen-bond donors (Lipinski definition) is 2. The van der Waals surface area contributed by atoms with E-state index in [2.05, 4.69) is 10.6 Å². The molecule has 1 aromatic carbocycles. The molecule has 1 aliphatic heterocycles. The van der Waals surface area contributed by atoms with Crippen LogP contribution in [0, 0.1) is 6.92 Å². The molecule has 0 radical (unpaired) electrons. The lowest BCUT2D eigenvalue weighted by Gasteiger charge is -2.18. The molecule has 0 aromatic heterocycles. The number of hydrogen-bond acceptors (Lipinski definition) is 2. The first-order valence-corrected chi connectivity index (χ1v) is 3.90. The van der Waals surface area contributed by atoms with Crippen molar-refractivity contribution in [2.24, 2.45) is 0 Å². The number of anilines is 2. The highest BCUT2D eigenvalue weighted by molar-refractivity contribution is 6.00. The van der Waals surface area contributed by atoms with Gasteiger partial charge in [0.15, 0.2) is 0 Å². The van der Waals surface area contributed by atoms with Crippen LogP contribution in [0.5, 0.6) is 0 Å². The topological polar surface area (TPSA) is 41.1 Å². The third-order valence-corrected chi connectivity index (χ3v) is 1.89. The van der Waals surface area contributed by atoms with Crippen LogP contribution in [0.4, 0.5) is 11.4 Å². The Morgan fingerprint density at radius 2 is 2.17 bits per heavy atom. The second kappa shape index (κ2) is 2.52. The van der Waals surface area contributed by atoms with Crippen molar-refractivity contribution < 1.29 is 4.79 Å². The summed E-state index contributed by atoms with van der Waals surface area (Å²) in [6, 6.07) is 5.91. The molecule has 2 N–H and O–H groups in total. The fourth-order valence-electron chi connectivity index (χ4n) is 1.28. The van der Waals surface area contributed by atoms with Gasteiger partial charge >= 0.3 is 0 Å². The quantitative estimate of drug-likeness (QED) is 0.604. The minimum absolute atomic E-state index is 0.0198. The molecule has 0 bridgehead atoms. The van der Waals surface area contributed by atoms with Crippen molar-refractivity contribution in [2.75, 3.05) is 17.2 Å². The van der Waals surface area contributed by atoms with Crippen molar-refractivity contribution in [1.82, 2.24) is 0 Å². The van der Waals surface area contributed by atoms with E-state index in [-0.39, 0.29) is 5.91 Å². The van der Waals surface area contributed by atoms with Gasteiger partial charge in [-0.1, -0.05) is 6.07 Å². The van der Waals surface area contributed by atoms with E-state index in [9.17, 15) is 4.79 Å². The summed E-state index contributed by atoms with van der Waals surface area (Å²) >= 11 is 0. The van der Waals surface area contributed by atoms with Gasteiger partial charge in [-0.3, -0.25) is 4.79 Å². The van der Waals surface area contributed by atoms with Crippen molar-refractivity contribution in [3.8, 4) is 0 Å². The molecule has 62 valence electrons. The third kappa shape index (κ3) is 1.13. The molecule has 0 aliphatic carbocycles. The molecule has 0 saturated carbocycles. The van der Waals surface area contributed by atoms with E-state index in [1.54, 1.807) is 0 Å². The number of carbonyl (C=O) groups excluding carboxylic acids is 1. The van der Waals surface area contributed by atoms with Crippen molar-refractivity contribution in [2.45, 2.75) is 6.92 Å². The Morgan fingerprint density at radius 1 is 1.33 bits per heavy atom. The Labute approximate surface area is 70.8 Å². The molecule has 12 heavy (non-hydrogen) atoms. The van der Waals surface area contributed by atoms with E-state index < -0.39 is 0 Å². The zero-order valence-corrected chi connectivity index (χ0v) is 6.85. The molecule has 1 amide bonds. The Hall–Kier alpha value is -1.51. The van der Waals surface area contributed by atoms with Crippen molar-refractivity contribution in [1.29, 1.82) is 0 Å². The molecule has 2 rings (SSSR count). The highest BCUT2D eigenvalue weighted by Gasteiger charge is 2.12. The molecule has 0 fully saturated rings. The summed E-state index contributed by atoms with van der Waals surface area (Å²) in [7, 11) is 0. The average Bonchev–Trinajstić information content (AvgIpc) is 2.05. The van der Waals surface area contributed by atoms with Gasteiger partial charge in [-0.2, -0.15) is 0 Å². The maximum Gasteiger partial charge on any atom is 0.243 e. The average molecular weight is 162 g/mol. The second-order valence-electron chi connectivity index (χ2n) is 2.95. The van der Waals surface area contributed by atoms with Crippen LogP contribution in [0.3, 0.4) is 0 Å². The zero-order chi connectivity index (χ0) is 8.55. The molecule has 0 unspecified atom stereocenters. The van der Waals surface area contributed by atoms with Crippen molar-refractivity contribution >= 4 is 17.3 Å².